The predicted octanol–water partition coefficient (Wildman–Crippen LogP) is 5.42. The van der Waals surface area contributed by atoms with E-state index in [0.29, 0.717) is 11.1 Å². The molecule has 1 amide bonds. The molecule has 16 heteroatoms. The third-order valence-electron chi connectivity index (χ3n) is 6.30. The maximum Gasteiger partial charge on any atom is 0.433 e. The van der Waals surface area contributed by atoms with Crippen molar-refractivity contribution in [3.05, 3.63) is 95.1 Å². The second kappa shape index (κ2) is 14.1. The van der Waals surface area contributed by atoms with E-state index in [1.165, 1.54) is 18.3 Å². The summed E-state index contributed by atoms with van der Waals surface area (Å²) in [6.07, 6.45) is -0.388. The molecule has 2 atom stereocenters. The van der Waals surface area contributed by atoms with Crippen LogP contribution in [-0.4, -0.2) is 54.3 Å². The summed E-state index contributed by atoms with van der Waals surface area (Å²) in [6.45, 7) is 5.63. The molecule has 0 aliphatic rings. The summed E-state index contributed by atoms with van der Waals surface area (Å²) in [6, 6.07) is 4.64. The number of aromatic nitrogens is 6. The quantitative estimate of drug-likeness (QED) is 0.259. The van der Waals surface area contributed by atoms with Crippen LogP contribution >= 0.6 is 0 Å². The van der Waals surface area contributed by atoms with Crippen LogP contribution in [0.2, 0.25) is 0 Å². The number of aryl methyl sites for hydroxylation is 2. The number of amides is 1. The van der Waals surface area contributed by atoms with Crippen LogP contribution in [0, 0.1) is 0 Å². The van der Waals surface area contributed by atoms with Crippen LogP contribution < -0.4 is 11.1 Å². The minimum absolute atomic E-state index is 0.133. The molecule has 4 aromatic rings. The van der Waals surface area contributed by atoms with Crippen LogP contribution in [0.4, 0.5) is 31.1 Å². The first-order valence-electron chi connectivity index (χ1n) is 13.6. The van der Waals surface area contributed by atoms with Gasteiger partial charge in [-0.1, -0.05) is 12.1 Å². The highest BCUT2D eigenvalue weighted by Crippen LogP contribution is 2.31. The second-order valence-electron chi connectivity index (χ2n) is 11.1. The van der Waals surface area contributed by atoms with Gasteiger partial charge in [0.2, 0.25) is 0 Å². The van der Waals surface area contributed by atoms with Crippen LogP contribution in [0.25, 0.3) is 0 Å². The van der Waals surface area contributed by atoms with Gasteiger partial charge < -0.3 is 15.8 Å². The second-order valence-corrected chi connectivity index (χ2v) is 11.1. The molecule has 0 radical (unpaired) electrons. The standard InChI is InChI=1S/C17H21F3N4O2.C12H13F3N4/c1-16(2,3)26-15(25)22-9-13(12-8-23-24(4)10-12)11-5-6-14(21-7-11)17(18,19)20;1-19-7-9(6-18-19)10(4-16)8-2-3-11(17-5-8)12(13,14)15/h5-8,10,13H,9H2,1-4H3,(H,22,25);2-3,5-7,10H,4,16H2,1H3. The van der Waals surface area contributed by atoms with Gasteiger partial charge in [-0.15, -0.1) is 0 Å². The summed E-state index contributed by atoms with van der Waals surface area (Å²) >= 11 is 0. The van der Waals surface area contributed by atoms with E-state index < -0.39 is 41.4 Å². The van der Waals surface area contributed by atoms with Gasteiger partial charge in [-0.25, -0.2) is 4.79 Å². The summed E-state index contributed by atoms with van der Waals surface area (Å²) in [5, 5.41) is 10.7. The van der Waals surface area contributed by atoms with Gasteiger partial charge in [-0.05, 0) is 55.2 Å². The molecule has 244 valence electrons. The third-order valence-corrected chi connectivity index (χ3v) is 6.30. The zero-order chi connectivity index (χ0) is 33.6. The smallest absolute Gasteiger partial charge is 0.433 e. The number of hydrogen-bond acceptors (Lipinski definition) is 7. The molecule has 0 aromatic carbocycles. The normalized spacial score (nSPS) is 13.4. The van der Waals surface area contributed by atoms with Gasteiger partial charge in [-0.2, -0.15) is 36.5 Å². The lowest BCUT2D eigenvalue weighted by atomic mass is 9.94. The van der Waals surface area contributed by atoms with Crippen LogP contribution in [-0.2, 0) is 31.2 Å². The Morgan fingerprint density at radius 3 is 1.56 bits per heavy atom. The Morgan fingerprint density at radius 1 is 0.778 bits per heavy atom. The molecular weight excluding hydrogens is 606 g/mol. The minimum atomic E-state index is -4.50. The average Bonchev–Trinajstić information content (AvgIpc) is 3.56. The number of halogens is 6. The molecule has 4 rings (SSSR count). The Labute approximate surface area is 255 Å². The van der Waals surface area contributed by atoms with E-state index in [1.54, 1.807) is 69.0 Å². The molecule has 0 bridgehead atoms. The average molecular weight is 641 g/mol. The molecule has 0 saturated carbocycles. The van der Waals surface area contributed by atoms with Gasteiger partial charge in [0.1, 0.15) is 17.0 Å². The number of carbonyl (C=O) groups is 1. The number of nitrogens with zero attached hydrogens (tertiary/aromatic N) is 6. The highest BCUT2D eigenvalue weighted by atomic mass is 19.4. The lowest BCUT2D eigenvalue weighted by molar-refractivity contribution is -0.142. The Morgan fingerprint density at radius 2 is 1.22 bits per heavy atom. The van der Waals surface area contributed by atoms with E-state index in [-0.39, 0.29) is 19.0 Å². The van der Waals surface area contributed by atoms with Crippen molar-refractivity contribution in [1.29, 1.82) is 0 Å². The summed E-state index contributed by atoms with van der Waals surface area (Å²) in [5.41, 5.74) is 5.93. The number of nitrogens with one attached hydrogen (secondary N) is 1. The van der Waals surface area contributed by atoms with Crippen molar-refractivity contribution in [2.24, 2.45) is 19.8 Å². The molecule has 4 aromatic heterocycles. The molecule has 0 spiro atoms. The number of pyridine rings is 2. The van der Waals surface area contributed by atoms with Crippen LogP contribution in [0.3, 0.4) is 0 Å². The first kappa shape index (κ1) is 35.0. The predicted molar refractivity (Wildman–Crippen MR) is 152 cm³/mol. The van der Waals surface area contributed by atoms with Gasteiger partial charge in [0.05, 0.1) is 12.4 Å². The maximum absolute atomic E-state index is 12.7. The Bertz CT molecular complexity index is 1520. The topological polar surface area (TPSA) is 126 Å². The number of alkyl carbamates (subject to hydrolysis) is 1. The van der Waals surface area contributed by atoms with E-state index >= 15 is 0 Å². The van der Waals surface area contributed by atoms with E-state index in [0.717, 1.165) is 29.5 Å². The summed E-state index contributed by atoms with van der Waals surface area (Å²) < 4.78 is 83.8. The molecule has 10 nitrogen and oxygen atoms in total. The van der Waals surface area contributed by atoms with Crippen molar-refractivity contribution >= 4 is 6.09 Å². The van der Waals surface area contributed by atoms with E-state index in [9.17, 15) is 31.1 Å². The number of alkyl halides is 6. The zero-order valence-electron chi connectivity index (χ0n) is 25.2. The molecule has 0 fully saturated rings. The number of hydrogen-bond donors (Lipinski definition) is 2. The van der Waals surface area contributed by atoms with E-state index in [1.807, 2.05) is 0 Å². The summed E-state index contributed by atoms with van der Waals surface area (Å²) in [5.74, 6) is -0.616. The minimum Gasteiger partial charge on any atom is -0.444 e. The van der Waals surface area contributed by atoms with Crippen LogP contribution in [0.1, 0.15) is 66.2 Å². The van der Waals surface area contributed by atoms with Crippen molar-refractivity contribution in [2.45, 2.75) is 50.6 Å². The van der Waals surface area contributed by atoms with Crippen molar-refractivity contribution in [1.82, 2.24) is 34.8 Å². The molecule has 0 aliphatic heterocycles. The van der Waals surface area contributed by atoms with Crippen molar-refractivity contribution in [2.75, 3.05) is 13.1 Å². The first-order valence-corrected chi connectivity index (χ1v) is 13.6. The Kier molecular flexibility index (Phi) is 11.0. The lowest BCUT2D eigenvalue weighted by Crippen LogP contribution is -2.35. The summed E-state index contributed by atoms with van der Waals surface area (Å²) in [4.78, 5) is 18.8. The van der Waals surface area contributed by atoms with E-state index in [4.69, 9.17) is 10.5 Å². The number of carbonyl (C=O) groups excluding carboxylic acids is 1. The van der Waals surface area contributed by atoms with Crippen LogP contribution in [0.5, 0.6) is 0 Å². The number of nitrogens with two attached hydrogens (primary N) is 1. The molecule has 45 heavy (non-hydrogen) atoms. The Hall–Kier alpha value is -4.47. The van der Waals surface area contributed by atoms with Gasteiger partial charge in [-0.3, -0.25) is 19.3 Å². The SMILES string of the molecule is Cn1cc(C(CN)c2ccc(C(F)(F)F)nc2)cn1.Cn1cc(C(CNC(=O)OC(C)(C)C)c2ccc(C(F)(F)F)nc2)cn1. The molecule has 3 N–H and O–H groups in total. The number of ether oxygens (including phenoxy) is 1. The Balaban J connectivity index is 0.000000257. The summed E-state index contributed by atoms with van der Waals surface area (Å²) in [7, 11) is 3.49. The molecule has 0 saturated heterocycles. The largest absolute Gasteiger partial charge is 0.444 e. The zero-order valence-corrected chi connectivity index (χ0v) is 25.2. The fourth-order valence-electron chi connectivity index (χ4n) is 4.19. The highest BCUT2D eigenvalue weighted by Gasteiger charge is 2.33. The highest BCUT2D eigenvalue weighted by molar-refractivity contribution is 5.67. The van der Waals surface area contributed by atoms with Crippen molar-refractivity contribution in [3.63, 3.8) is 0 Å². The fourth-order valence-corrected chi connectivity index (χ4v) is 4.19. The maximum atomic E-state index is 12.7. The van der Waals surface area contributed by atoms with Gasteiger partial charge >= 0.3 is 18.4 Å². The number of rotatable bonds is 7. The molecule has 0 aliphatic carbocycles. The molecule has 2 unspecified atom stereocenters. The van der Waals surface area contributed by atoms with E-state index in [2.05, 4.69) is 25.5 Å². The first-order chi connectivity index (χ1) is 20.9. The molecule has 4 heterocycles. The van der Waals surface area contributed by atoms with Crippen molar-refractivity contribution in [3.8, 4) is 0 Å². The third kappa shape index (κ3) is 10.3. The van der Waals surface area contributed by atoms with Gasteiger partial charge in [0.25, 0.3) is 0 Å². The van der Waals surface area contributed by atoms with Crippen LogP contribution in [0.15, 0.2) is 61.4 Å². The van der Waals surface area contributed by atoms with Gasteiger partial charge in [0, 0.05) is 63.8 Å². The van der Waals surface area contributed by atoms with Gasteiger partial charge in [0.15, 0.2) is 0 Å². The monoisotopic (exact) mass is 640 g/mol. The van der Waals surface area contributed by atoms with Crippen molar-refractivity contribution < 1.29 is 35.9 Å². The molecular formula is C29H34F6N8O2. The fraction of sp³-hybridized carbons (Fsp3) is 0.414. The lowest BCUT2D eigenvalue weighted by Gasteiger charge is -2.22.